The molecule has 190 valence electrons. The fourth-order valence-electron chi connectivity index (χ4n) is 3.70. The molecule has 0 aromatic heterocycles. The van der Waals surface area contributed by atoms with E-state index >= 15 is 0 Å². The first-order valence-corrected chi connectivity index (χ1v) is 14.0. The highest BCUT2D eigenvalue weighted by Gasteiger charge is 2.15. The van der Waals surface area contributed by atoms with E-state index in [0.717, 1.165) is 41.7 Å². The molecule has 2 aromatic rings. The molecule has 0 radical (unpaired) electrons. The summed E-state index contributed by atoms with van der Waals surface area (Å²) in [5, 5.41) is 4.76. The van der Waals surface area contributed by atoms with Gasteiger partial charge in [0, 0.05) is 22.2 Å². The minimum absolute atomic E-state index is 0.265. The Bertz CT molecular complexity index is 839. The Kier molecular flexibility index (Phi) is 14.3. The standard InChI is InChI=1S/C27H39BrCl2N2O2/c1-4-7-14-32(15-8-5-2)16-10-13-31-19-21-17-23(28)27(26(18-21)33-6-3)34-20-22-24(29)11-9-12-25(22)30/h9,11-12,17-18,31H,4-8,10,13-16,19-20H2,1-3H3. The van der Waals surface area contributed by atoms with Crippen LogP contribution in [0, 0.1) is 0 Å². The third kappa shape index (κ3) is 9.94. The molecule has 0 bridgehead atoms. The van der Waals surface area contributed by atoms with Gasteiger partial charge in [-0.05, 0) is 98.1 Å². The van der Waals surface area contributed by atoms with Gasteiger partial charge < -0.3 is 19.7 Å². The zero-order valence-corrected chi connectivity index (χ0v) is 23.9. The van der Waals surface area contributed by atoms with Crippen molar-refractivity contribution in [2.75, 3.05) is 32.8 Å². The molecule has 0 fully saturated rings. The van der Waals surface area contributed by atoms with Crippen LogP contribution in [-0.4, -0.2) is 37.7 Å². The maximum Gasteiger partial charge on any atom is 0.175 e. The molecule has 0 spiro atoms. The highest BCUT2D eigenvalue weighted by molar-refractivity contribution is 9.10. The van der Waals surface area contributed by atoms with E-state index in [1.807, 2.05) is 31.2 Å². The molecule has 2 aromatic carbocycles. The largest absolute Gasteiger partial charge is 0.490 e. The topological polar surface area (TPSA) is 33.7 Å². The van der Waals surface area contributed by atoms with Crippen LogP contribution in [0.1, 0.15) is 64.0 Å². The first-order valence-electron chi connectivity index (χ1n) is 12.4. The number of nitrogens with zero attached hydrogens (tertiary/aromatic N) is 1. The van der Waals surface area contributed by atoms with Gasteiger partial charge in [-0.2, -0.15) is 0 Å². The number of halogens is 3. The Morgan fingerprint density at radius 1 is 0.912 bits per heavy atom. The number of unbranched alkanes of at least 4 members (excludes halogenated alkanes) is 2. The van der Waals surface area contributed by atoms with Crippen LogP contribution < -0.4 is 14.8 Å². The van der Waals surface area contributed by atoms with Crippen molar-refractivity contribution in [1.29, 1.82) is 0 Å². The molecule has 1 N–H and O–H groups in total. The average molecular weight is 574 g/mol. The van der Waals surface area contributed by atoms with Crippen LogP contribution in [-0.2, 0) is 13.2 Å². The maximum atomic E-state index is 6.30. The Morgan fingerprint density at radius 2 is 1.56 bits per heavy atom. The van der Waals surface area contributed by atoms with Crippen LogP contribution in [0.4, 0.5) is 0 Å². The second-order valence-electron chi connectivity index (χ2n) is 8.41. The summed E-state index contributed by atoms with van der Waals surface area (Å²) in [6.07, 6.45) is 6.21. The molecular formula is C27H39BrCl2N2O2. The normalized spacial score (nSPS) is 11.3. The van der Waals surface area contributed by atoms with Crippen molar-refractivity contribution in [3.63, 3.8) is 0 Å². The molecule has 0 heterocycles. The number of hydrogen-bond donors (Lipinski definition) is 1. The third-order valence-electron chi connectivity index (χ3n) is 5.60. The van der Waals surface area contributed by atoms with Crippen molar-refractivity contribution in [2.45, 2.75) is 66.0 Å². The minimum Gasteiger partial charge on any atom is -0.490 e. The van der Waals surface area contributed by atoms with Crippen LogP contribution in [0.3, 0.4) is 0 Å². The predicted octanol–water partition coefficient (Wildman–Crippen LogP) is 8.12. The van der Waals surface area contributed by atoms with Gasteiger partial charge in [-0.3, -0.25) is 0 Å². The van der Waals surface area contributed by atoms with Gasteiger partial charge in [0.1, 0.15) is 6.61 Å². The maximum absolute atomic E-state index is 6.30. The number of hydrogen-bond acceptors (Lipinski definition) is 4. The van der Waals surface area contributed by atoms with Gasteiger partial charge in [-0.25, -0.2) is 0 Å². The lowest BCUT2D eigenvalue weighted by molar-refractivity contribution is 0.261. The quantitative estimate of drug-likeness (QED) is 0.194. The molecule has 0 aliphatic heterocycles. The highest BCUT2D eigenvalue weighted by atomic mass is 79.9. The fraction of sp³-hybridized carbons (Fsp3) is 0.556. The lowest BCUT2D eigenvalue weighted by Crippen LogP contribution is -2.29. The molecular weight excluding hydrogens is 535 g/mol. The van der Waals surface area contributed by atoms with E-state index in [0.29, 0.717) is 28.2 Å². The molecule has 0 amide bonds. The smallest absolute Gasteiger partial charge is 0.175 e. The summed E-state index contributed by atoms with van der Waals surface area (Å²) in [7, 11) is 0. The highest BCUT2D eigenvalue weighted by Crippen LogP contribution is 2.38. The zero-order valence-electron chi connectivity index (χ0n) is 20.8. The molecule has 0 atom stereocenters. The Hall–Kier alpha value is -0.980. The number of benzene rings is 2. The van der Waals surface area contributed by atoms with Gasteiger partial charge in [0.2, 0.25) is 0 Å². The number of rotatable bonds is 17. The van der Waals surface area contributed by atoms with Crippen molar-refractivity contribution in [1.82, 2.24) is 10.2 Å². The van der Waals surface area contributed by atoms with Gasteiger partial charge >= 0.3 is 0 Å². The van der Waals surface area contributed by atoms with E-state index in [2.05, 4.69) is 46.1 Å². The summed E-state index contributed by atoms with van der Waals surface area (Å²) in [6.45, 7) is 12.6. The summed E-state index contributed by atoms with van der Waals surface area (Å²) in [4.78, 5) is 2.61. The van der Waals surface area contributed by atoms with Crippen LogP contribution in [0.15, 0.2) is 34.8 Å². The summed E-state index contributed by atoms with van der Waals surface area (Å²) >= 11 is 16.3. The molecule has 2 rings (SSSR count). The molecule has 4 nitrogen and oxygen atoms in total. The van der Waals surface area contributed by atoms with Crippen molar-refractivity contribution in [3.05, 3.63) is 56.0 Å². The monoisotopic (exact) mass is 572 g/mol. The minimum atomic E-state index is 0.265. The van der Waals surface area contributed by atoms with Crippen molar-refractivity contribution >= 4 is 39.1 Å². The number of nitrogens with one attached hydrogen (secondary N) is 1. The van der Waals surface area contributed by atoms with Gasteiger partial charge in [-0.15, -0.1) is 0 Å². The van der Waals surface area contributed by atoms with Crippen LogP contribution in [0.2, 0.25) is 10.0 Å². The average Bonchev–Trinajstić information content (AvgIpc) is 2.81. The molecule has 0 aliphatic rings. The van der Waals surface area contributed by atoms with Crippen LogP contribution >= 0.6 is 39.1 Å². The Morgan fingerprint density at radius 3 is 2.18 bits per heavy atom. The third-order valence-corrected chi connectivity index (χ3v) is 6.90. The fourth-order valence-corrected chi connectivity index (χ4v) is 4.81. The summed E-state index contributed by atoms with van der Waals surface area (Å²) < 4.78 is 12.8. The van der Waals surface area contributed by atoms with Crippen LogP contribution in [0.5, 0.6) is 11.5 Å². The second kappa shape index (κ2) is 16.6. The van der Waals surface area contributed by atoms with Crippen molar-refractivity contribution in [2.24, 2.45) is 0 Å². The lowest BCUT2D eigenvalue weighted by atomic mass is 10.2. The van der Waals surface area contributed by atoms with Gasteiger partial charge in [-0.1, -0.05) is 56.0 Å². The van der Waals surface area contributed by atoms with E-state index in [9.17, 15) is 0 Å². The Labute approximate surface area is 224 Å². The van der Waals surface area contributed by atoms with E-state index in [-0.39, 0.29) is 6.61 Å². The first kappa shape index (κ1) is 29.3. The van der Waals surface area contributed by atoms with Gasteiger partial charge in [0.05, 0.1) is 11.1 Å². The molecule has 0 saturated carbocycles. The van der Waals surface area contributed by atoms with Crippen molar-refractivity contribution < 1.29 is 9.47 Å². The van der Waals surface area contributed by atoms with Gasteiger partial charge in [0.15, 0.2) is 11.5 Å². The van der Waals surface area contributed by atoms with E-state index < -0.39 is 0 Å². The van der Waals surface area contributed by atoms with Gasteiger partial charge in [0.25, 0.3) is 0 Å². The summed E-state index contributed by atoms with van der Waals surface area (Å²) in [5.74, 6) is 1.37. The molecule has 7 heteroatoms. The van der Waals surface area contributed by atoms with E-state index in [1.165, 1.54) is 38.8 Å². The number of ether oxygens (including phenoxy) is 2. The van der Waals surface area contributed by atoms with Crippen molar-refractivity contribution in [3.8, 4) is 11.5 Å². The molecule has 0 unspecified atom stereocenters. The zero-order chi connectivity index (χ0) is 24.8. The SMILES string of the molecule is CCCCN(CCCC)CCCNCc1cc(Br)c(OCc2c(Cl)cccc2Cl)c(OCC)c1. The lowest BCUT2D eigenvalue weighted by Gasteiger charge is -2.22. The summed E-state index contributed by atoms with van der Waals surface area (Å²) in [5.41, 5.74) is 1.91. The van der Waals surface area contributed by atoms with E-state index in [1.54, 1.807) is 0 Å². The summed E-state index contributed by atoms with van der Waals surface area (Å²) in [6, 6.07) is 9.57. The molecule has 34 heavy (non-hydrogen) atoms. The van der Waals surface area contributed by atoms with Crippen LogP contribution in [0.25, 0.3) is 0 Å². The second-order valence-corrected chi connectivity index (χ2v) is 10.1. The first-order chi connectivity index (χ1) is 16.5. The Balaban J connectivity index is 1.92. The molecule has 0 saturated heterocycles. The predicted molar refractivity (Wildman–Crippen MR) is 149 cm³/mol. The molecule has 0 aliphatic carbocycles. The van der Waals surface area contributed by atoms with E-state index in [4.69, 9.17) is 32.7 Å².